The van der Waals surface area contributed by atoms with Crippen molar-refractivity contribution in [2.24, 2.45) is 7.05 Å². The standard InChI is InChI=1S/C7H12N2O.C2H6/c1-5-6(2)8-9(3)7(5)10-4;1-2/h1-4H3;1-2H3. The zero-order chi connectivity index (χ0) is 9.72. The van der Waals surface area contributed by atoms with Gasteiger partial charge in [-0.05, 0) is 13.8 Å². The molecule has 0 spiro atoms. The van der Waals surface area contributed by atoms with Gasteiger partial charge in [0.2, 0.25) is 5.88 Å². The Hall–Kier alpha value is -0.990. The third-order valence-corrected chi connectivity index (χ3v) is 1.65. The van der Waals surface area contributed by atoms with Crippen LogP contribution in [0.2, 0.25) is 0 Å². The Labute approximate surface area is 74.3 Å². The van der Waals surface area contributed by atoms with E-state index in [0.29, 0.717) is 0 Å². The molecule has 0 aliphatic carbocycles. The first kappa shape index (κ1) is 11.0. The second kappa shape index (κ2) is 4.80. The van der Waals surface area contributed by atoms with Gasteiger partial charge in [-0.15, -0.1) is 0 Å². The molecule has 3 heteroatoms. The van der Waals surface area contributed by atoms with E-state index in [9.17, 15) is 0 Å². The molecule has 0 fully saturated rings. The van der Waals surface area contributed by atoms with Gasteiger partial charge in [-0.25, -0.2) is 4.68 Å². The Morgan fingerprint density at radius 3 is 1.92 bits per heavy atom. The van der Waals surface area contributed by atoms with E-state index in [0.717, 1.165) is 17.1 Å². The van der Waals surface area contributed by atoms with Gasteiger partial charge in [0.15, 0.2) is 0 Å². The van der Waals surface area contributed by atoms with Gasteiger partial charge in [0.05, 0.1) is 12.8 Å². The summed E-state index contributed by atoms with van der Waals surface area (Å²) in [5, 5.41) is 4.17. The van der Waals surface area contributed by atoms with E-state index in [2.05, 4.69) is 5.10 Å². The molecule has 0 N–H and O–H groups in total. The molecule has 0 radical (unpaired) electrons. The SMILES string of the molecule is CC.COc1c(C)c(C)nn1C. The number of aromatic nitrogens is 2. The lowest BCUT2D eigenvalue weighted by atomic mass is 10.3. The number of hydrogen-bond acceptors (Lipinski definition) is 2. The lowest BCUT2D eigenvalue weighted by molar-refractivity contribution is 0.371. The van der Waals surface area contributed by atoms with Crippen LogP contribution in [0.3, 0.4) is 0 Å². The van der Waals surface area contributed by atoms with Gasteiger partial charge < -0.3 is 4.74 Å². The lowest BCUT2D eigenvalue weighted by Crippen LogP contribution is -1.95. The Bertz CT molecular complexity index is 241. The summed E-state index contributed by atoms with van der Waals surface area (Å²) in [4.78, 5) is 0. The van der Waals surface area contributed by atoms with Crippen molar-refractivity contribution in [2.75, 3.05) is 7.11 Å². The molecule has 0 saturated carbocycles. The number of aryl methyl sites for hydroxylation is 2. The number of nitrogens with zero attached hydrogens (tertiary/aromatic N) is 2. The van der Waals surface area contributed by atoms with Crippen molar-refractivity contribution < 1.29 is 4.74 Å². The van der Waals surface area contributed by atoms with Crippen molar-refractivity contribution in [3.05, 3.63) is 11.3 Å². The van der Waals surface area contributed by atoms with Gasteiger partial charge in [-0.3, -0.25) is 0 Å². The third-order valence-electron chi connectivity index (χ3n) is 1.65. The molecule has 12 heavy (non-hydrogen) atoms. The molecule has 0 aromatic carbocycles. The molecular formula is C9H18N2O. The first-order valence-electron chi connectivity index (χ1n) is 4.21. The van der Waals surface area contributed by atoms with Crippen LogP contribution in [0.4, 0.5) is 0 Å². The minimum Gasteiger partial charge on any atom is -0.481 e. The highest BCUT2D eigenvalue weighted by Crippen LogP contribution is 2.18. The molecule has 0 amide bonds. The molecule has 0 unspecified atom stereocenters. The highest BCUT2D eigenvalue weighted by molar-refractivity contribution is 5.28. The fraction of sp³-hybridized carbons (Fsp3) is 0.667. The number of ether oxygens (including phenoxy) is 1. The molecule has 0 aliphatic heterocycles. The summed E-state index contributed by atoms with van der Waals surface area (Å²) in [6, 6.07) is 0. The molecule has 1 heterocycles. The monoisotopic (exact) mass is 170 g/mol. The summed E-state index contributed by atoms with van der Waals surface area (Å²) < 4.78 is 6.84. The zero-order valence-electron chi connectivity index (χ0n) is 8.80. The Kier molecular flexibility index (Phi) is 4.40. The first-order chi connectivity index (χ1) is 5.66. The van der Waals surface area contributed by atoms with E-state index in [4.69, 9.17) is 4.74 Å². The molecule has 0 bridgehead atoms. The predicted octanol–water partition coefficient (Wildman–Crippen LogP) is 2.07. The summed E-state index contributed by atoms with van der Waals surface area (Å²) in [7, 11) is 3.53. The van der Waals surface area contributed by atoms with Crippen LogP contribution in [0.25, 0.3) is 0 Å². The van der Waals surface area contributed by atoms with Crippen molar-refractivity contribution in [3.8, 4) is 5.88 Å². The number of hydrogen-bond donors (Lipinski definition) is 0. The van der Waals surface area contributed by atoms with Crippen LogP contribution in [0.1, 0.15) is 25.1 Å². The summed E-state index contributed by atoms with van der Waals surface area (Å²) in [5.74, 6) is 0.845. The number of methoxy groups -OCH3 is 1. The van der Waals surface area contributed by atoms with Crippen LogP contribution in [-0.4, -0.2) is 16.9 Å². The molecule has 1 aromatic heterocycles. The van der Waals surface area contributed by atoms with Gasteiger partial charge >= 0.3 is 0 Å². The maximum absolute atomic E-state index is 5.10. The first-order valence-corrected chi connectivity index (χ1v) is 4.21. The second-order valence-corrected chi connectivity index (χ2v) is 2.34. The van der Waals surface area contributed by atoms with Crippen LogP contribution in [0, 0.1) is 13.8 Å². The molecule has 70 valence electrons. The molecule has 1 rings (SSSR count). The van der Waals surface area contributed by atoms with Gasteiger partial charge in [0, 0.05) is 12.6 Å². The summed E-state index contributed by atoms with van der Waals surface area (Å²) in [5.41, 5.74) is 2.14. The van der Waals surface area contributed by atoms with E-state index in [-0.39, 0.29) is 0 Å². The quantitative estimate of drug-likeness (QED) is 0.645. The molecular weight excluding hydrogens is 152 g/mol. The molecule has 1 aromatic rings. The molecule has 0 aliphatic rings. The van der Waals surface area contributed by atoms with Crippen LogP contribution < -0.4 is 4.74 Å². The van der Waals surface area contributed by atoms with E-state index in [1.165, 1.54) is 0 Å². The van der Waals surface area contributed by atoms with Crippen molar-refractivity contribution in [3.63, 3.8) is 0 Å². The topological polar surface area (TPSA) is 27.1 Å². The fourth-order valence-corrected chi connectivity index (χ4v) is 1.03. The number of rotatable bonds is 1. The van der Waals surface area contributed by atoms with Gasteiger partial charge in [0.25, 0.3) is 0 Å². The highest BCUT2D eigenvalue weighted by Gasteiger charge is 2.07. The normalized spacial score (nSPS) is 8.83. The van der Waals surface area contributed by atoms with Crippen LogP contribution in [0.15, 0.2) is 0 Å². The maximum Gasteiger partial charge on any atom is 0.214 e. The van der Waals surface area contributed by atoms with Gasteiger partial charge in [-0.1, -0.05) is 13.8 Å². The van der Waals surface area contributed by atoms with Crippen molar-refractivity contribution in [1.29, 1.82) is 0 Å². The maximum atomic E-state index is 5.10. The fourth-order valence-electron chi connectivity index (χ4n) is 1.03. The average Bonchev–Trinajstić information content (AvgIpc) is 2.31. The van der Waals surface area contributed by atoms with E-state index in [1.807, 2.05) is 34.7 Å². The molecule has 3 nitrogen and oxygen atoms in total. The van der Waals surface area contributed by atoms with Gasteiger partial charge in [0.1, 0.15) is 0 Å². The minimum atomic E-state index is 0.845. The van der Waals surface area contributed by atoms with E-state index >= 15 is 0 Å². The summed E-state index contributed by atoms with van der Waals surface area (Å²) in [6.45, 7) is 7.97. The third kappa shape index (κ3) is 2.00. The Morgan fingerprint density at radius 1 is 1.25 bits per heavy atom. The Morgan fingerprint density at radius 2 is 1.75 bits per heavy atom. The van der Waals surface area contributed by atoms with Crippen LogP contribution >= 0.6 is 0 Å². The van der Waals surface area contributed by atoms with Crippen molar-refractivity contribution in [1.82, 2.24) is 9.78 Å². The van der Waals surface area contributed by atoms with Gasteiger partial charge in [-0.2, -0.15) is 5.10 Å². The summed E-state index contributed by atoms with van der Waals surface area (Å²) in [6.07, 6.45) is 0. The average molecular weight is 170 g/mol. The van der Waals surface area contributed by atoms with Crippen LogP contribution in [0.5, 0.6) is 5.88 Å². The lowest BCUT2D eigenvalue weighted by Gasteiger charge is -1.98. The molecule has 0 atom stereocenters. The van der Waals surface area contributed by atoms with E-state index in [1.54, 1.807) is 11.8 Å². The minimum absolute atomic E-state index is 0.845. The highest BCUT2D eigenvalue weighted by atomic mass is 16.5. The summed E-state index contributed by atoms with van der Waals surface area (Å²) >= 11 is 0. The smallest absolute Gasteiger partial charge is 0.214 e. The van der Waals surface area contributed by atoms with E-state index < -0.39 is 0 Å². The second-order valence-electron chi connectivity index (χ2n) is 2.34. The zero-order valence-corrected chi connectivity index (χ0v) is 8.80. The van der Waals surface area contributed by atoms with Crippen molar-refractivity contribution in [2.45, 2.75) is 27.7 Å². The Balaban J connectivity index is 0.000000561. The van der Waals surface area contributed by atoms with Crippen LogP contribution in [-0.2, 0) is 7.05 Å². The van der Waals surface area contributed by atoms with Crippen molar-refractivity contribution >= 4 is 0 Å². The largest absolute Gasteiger partial charge is 0.481 e. The molecule has 0 saturated heterocycles. The predicted molar refractivity (Wildman–Crippen MR) is 50.6 cm³/mol.